The molecule has 1 saturated heterocycles. The third-order valence-electron chi connectivity index (χ3n) is 1.71. The maximum Gasteiger partial charge on any atom is 0.219 e. The van der Waals surface area contributed by atoms with Gasteiger partial charge >= 0.3 is 0 Å². The maximum absolute atomic E-state index is 10.7. The summed E-state index contributed by atoms with van der Waals surface area (Å²) in [6, 6.07) is 0. The van der Waals surface area contributed by atoms with Crippen LogP contribution in [0.4, 0.5) is 0 Å². The van der Waals surface area contributed by atoms with Gasteiger partial charge in [0.2, 0.25) is 11.8 Å². The second-order valence-corrected chi connectivity index (χ2v) is 3.10. The van der Waals surface area contributed by atoms with Gasteiger partial charge in [0.05, 0.1) is 25.2 Å². The van der Waals surface area contributed by atoms with Crippen molar-refractivity contribution in [1.82, 2.24) is 5.32 Å². The van der Waals surface area contributed by atoms with Crippen molar-refractivity contribution in [2.45, 2.75) is 18.9 Å². The van der Waals surface area contributed by atoms with Crippen molar-refractivity contribution in [3.63, 3.8) is 0 Å². The van der Waals surface area contributed by atoms with Gasteiger partial charge in [-0.25, -0.2) is 0 Å². The summed E-state index contributed by atoms with van der Waals surface area (Å²) in [6.45, 7) is 2.14. The molecule has 0 aromatic carbocycles. The molecule has 5 heteroatoms. The van der Waals surface area contributed by atoms with Crippen LogP contribution in [0.5, 0.6) is 0 Å². The van der Waals surface area contributed by atoms with Crippen molar-refractivity contribution in [1.29, 1.82) is 0 Å². The first kappa shape index (κ1) is 8.99. The van der Waals surface area contributed by atoms with Crippen molar-refractivity contribution in [2.75, 3.05) is 13.2 Å². The fourth-order valence-electron chi connectivity index (χ4n) is 1.27. The highest BCUT2D eigenvalue weighted by Gasteiger charge is 2.40. The van der Waals surface area contributed by atoms with Gasteiger partial charge < -0.3 is 15.8 Å². The predicted molar refractivity (Wildman–Crippen MR) is 41.2 cm³/mol. The monoisotopic (exact) mass is 172 g/mol. The Hall–Kier alpha value is -1.10. The Bertz CT molecular complexity index is 193. The van der Waals surface area contributed by atoms with Crippen molar-refractivity contribution in [2.24, 2.45) is 5.73 Å². The molecule has 0 bridgehead atoms. The molecule has 0 aromatic heterocycles. The second-order valence-electron chi connectivity index (χ2n) is 3.10. The molecule has 1 fully saturated rings. The first-order valence-corrected chi connectivity index (χ1v) is 3.69. The SMILES string of the molecule is CC(=O)NC1(CC(N)=O)COC1. The van der Waals surface area contributed by atoms with Gasteiger partial charge in [0, 0.05) is 6.92 Å². The zero-order valence-corrected chi connectivity index (χ0v) is 6.92. The molecule has 1 heterocycles. The Kier molecular flexibility index (Phi) is 2.32. The average molecular weight is 172 g/mol. The van der Waals surface area contributed by atoms with E-state index < -0.39 is 11.4 Å². The van der Waals surface area contributed by atoms with E-state index in [1.165, 1.54) is 6.92 Å². The molecular formula is C7H12N2O3. The minimum Gasteiger partial charge on any atom is -0.376 e. The van der Waals surface area contributed by atoms with Crippen LogP contribution in [-0.4, -0.2) is 30.6 Å². The summed E-state index contributed by atoms with van der Waals surface area (Å²) in [5.41, 5.74) is 4.49. The van der Waals surface area contributed by atoms with E-state index in [0.29, 0.717) is 13.2 Å². The molecule has 2 amide bonds. The topological polar surface area (TPSA) is 81.4 Å². The standard InChI is InChI=1S/C7H12N2O3/c1-5(10)9-7(2-6(8)11)3-12-4-7/h2-4H2,1H3,(H2,8,11)(H,9,10). The van der Waals surface area contributed by atoms with Gasteiger partial charge in [0.15, 0.2) is 0 Å². The minimum atomic E-state index is -0.530. The van der Waals surface area contributed by atoms with E-state index in [4.69, 9.17) is 10.5 Å². The Labute approximate surface area is 70.2 Å². The maximum atomic E-state index is 10.7. The molecule has 1 rings (SSSR count). The molecule has 0 unspecified atom stereocenters. The number of nitrogens with one attached hydrogen (secondary N) is 1. The first-order valence-electron chi connectivity index (χ1n) is 3.69. The highest BCUT2D eigenvalue weighted by atomic mass is 16.5. The zero-order valence-electron chi connectivity index (χ0n) is 6.92. The van der Waals surface area contributed by atoms with Crippen molar-refractivity contribution >= 4 is 11.8 Å². The van der Waals surface area contributed by atoms with Gasteiger partial charge in [-0.1, -0.05) is 0 Å². The summed E-state index contributed by atoms with van der Waals surface area (Å²) in [4.78, 5) is 21.3. The van der Waals surface area contributed by atoms with Gasteiger partial charge in [-0.3, -0.25) is 9.59 Å². The Balaban J connectivity index is 2.50. The van der Waals surface area contributed by atoms with Crippen LogP contribution >= 0.6 is 0 Å². The third-order valence-corrected chi connectivity index (χ3v) is 1.71. The van der Waals surface area contributed by atoms with Gasteiger partial charge in [0.1, 0.15) is 0 Å². The molecule has 0 saturated carbocycles. The number of amides is 2. The quantitative estimate of drug-likeness (QED) is 0.559. The van der Waals surface area contributed by atoms with E-state index >= 15 is 0 Å². The van der Waals surface area contributed by atoms with Crippen molar-refractivity contribution < 1.29 is 14.3 Å². The minimum absolute atomic E-state index is 0.145. The fraction of sp³-hybridized carbons (Fsp3) is 0.714. The van der Waals surface area contributed by atoms with Crippen LogP contribution in [0.1, 0.15) is 13.3 Å². The number of hydrogen-bond donors (Lipinski definition) is 2. The number of carbonyl (C=O) groups excluding carboxylic acids is 2. The van der Waals surface area contributed by atoms with Gasteiger partial charge in [-0.05, 0) is 0 Å². The lowest BCUT2D eigenvalue weighted by molar-refractivity contribution is -0.137. The molecule has 68 valence electrons. The molecular weight excluding hydrogens is 160 g/mol. The summed E-state index contributed by atoms with van der Waals surface area (Å²) in [5.74, 6) is -0.591. The third kappa shape index (κ3) is 1.94. The van der Waals surface area contributed by atoms with Crippen LogP contribution in [0.2, 0.25) is 0 Å². The lowest BCUT2D eigenvalue weighted by Crippen LogP contribution is -2.63. The molecule has 0 radical (unpaired) electrons. The zero-order chi connectivity index (χ0) is 9.19. The summed E-state index contributed by atoms with van der Waals surface area (Å²) >= 11 is 0. The molecule has 0 aromatic rings. The molecule has 12 heavy (non-hydrogen) atoms. The number of nitrogens with two attached hydrogens (primary N) is 1. The highest BCUT2D eigenvalue weighted by Crippen LogP contribution is 2.20. The van der Waals surface area contributed by atoms with E-state index in [2.05, 4.69) is 5.32 Å². The van der Waals surface area contributed by atoms with Crippen LogP contribution in [0, 0.1) is 0 Å². The number of primary amides is 1. The molecule has 0 spiro atoms. The Morgan fingerprint density at radius 1 is 1.58 bits per heavy atom. The van der Waals surface area contributed by atoms with Crippen LogP contribution in [-0.2, 0) is 14.3 Å². The molecule has 5 nitrogen and oxygen atoms in total. The highest BCUT2D eigenvalue weighted by molar-refractivity contribution is 5.78. The molecule has 3 N–H and O–H groups in total. The Morgan fingerprint density at radius 3 is 2.42 bits per heavy atom. The van der Waals surface area contributed by atoms with Crippen LogP contribution in [0.15, 0.2) is 0 Å². The van der Waals surface area contributed by atoms with Crippen molar-refractivity contribution in [3.05, 3.63) is 0 Å². The molecule has 0 atom stereocenters. The van der Waals surface area contributed by atoms with E-state index in [-0.39, 0.29) is 12.3 Å². The smallest absolute Gasteiger partial charge is 0.219 e. The van der Waals surface area contributed by atoms with E-state index in [1.807, 2.05) is 0 Å². The first-order chi connectivity index (χ1) is 5.54. The van der Waals surface area contributed by atoms with E-state index in [1.54, 1.807) is 0 Å². The predicted octanol–water partition coefficient (Wildman–Crippen LogP) is -1.23. The summed E-state index contributed by atoms with van der Waals surface area (Å²) in [7, 11) is 0. The number of hydrogen-bond acceptors (Lipinski definition) is 3. The molecule has 0 aliphatic carbocycles. The molecule has 1 aliphatic rings. The summed E-state index contributed by atoms with van der Waals surface area (Å²) in [5, 5.41) is 2.66. The lowest BCUT2D eigenvalue weighted by atomic mass is 9.92. The fourth-order valence-corrected chi connectivity index (χ4v) is 1.27. The van der Waals surface area contributed by atoms with Crippen molar-refractivity contribution in [3.8, 4) is 0 Å². The van der Waals surface area contributed by atoms with Gasteiger partial charge in [-0.2, -0.15) is 0 Å². The van der Waals surface area contributed by atoms with Crippen LogP contribution < -0.4 is 11.1 Å². The average Bonchev–Trinajstić information content (AvgIpc) is 1.80. The number of ether oxygens (including phenoxy) is 1. The molecule has 1 aliphatic heterocycles. The number of carbonyl (C=O) groups is 2. The normalized spacial score (nSPS) is 19.4. The van der Waals surface area contributed by atoms with E-state index in [9.17, 15) is 9.59 Å². The van der Waals surface area contributed by atoms with Crippen LogP contribution in [0.25, 0.3) is 0 Å². The Morgan fingerprint density at radius 2 is 2.17 bits per heavy atom. The van der Waals surface area contributed by atoms with Gasteiger partial charge in [0.25, 0.3) is 0 Å². The largest absolute Gasteiger partial charge is 0.376 e. The lowest BCUT2D eigenvalue weighted by Gasteiger charge is -2.40. The van der Waals surface area contributed by atoms with Gasteiger partial charge in [-0.15, -0.1) is 0 Å². The summed E-state index contributed by atoms with van der Waals surface area (Å²) < 4.78 is 4.92. The second kappa shape index (κ2) is 3.10. The van der Waals surface area contributed by atoms with E-state index in [0.717, 1.165) is 0 Å². The summed E-state index contributed by atoms with van der Waals surface area (Å²) in [6.07, 6.45) is 0.145. The van der Waals surface area contributed by atoms with Crippen LogP contribution in [0.3, 0.4) is 0 Å². The number of rotatable bonds is 3.